The molecule has 3 heteroatoms. The normalized spacial score (nSPS) is 16.1. The maximum atomic E-state index is 10.8. The van der Waals surface area contributed by atoms with Gasteiger partial charge in [0.25, 0.3) is 0 Å². The van der Waals surface area contributed by atoms with Gasteiger partial charge >= 0.3 is 0 Å². The van der Waals surface area contributed by atoms with Gasteiger partial charge in [0.05, 0.1) is 0 Å². The van der Waals surface area contributed by atoms with E-state index in [1.165, 1.54) is 6.92 Å². The van der Waals surface area contributed by atoms with Crippen LogP contribution in [0.4, 0.5) is 0 Å². The molecule has 0 amide bonds. The second kappa shape index (κ2) is 2.72. The molecule has 0 saturated heterocycles. The zero-order valence-electron chi connectivity index (χ0n) is 6.76. The van der Waals surface area contributed by atoms with Gasteiger partial charge in [-0.05, 0) is 5.73 Å². The van der Waals surface area contributed by atoms with E-state index in [1.54, 1.807) is 13.8 Å². The summed E-state index contributed by atoms with van der Waals surface area (Å²) in [6.45, 7) is 4.89. The first-order chi connectivity index (χ1) is 5.09. The summed E-state index contributed by atoms with van der Waals surface area (Å²) in [7, 11) is 0. The Bertz CT molecular complexity index is 293. The average molecular weight is 151 g/mol. The quantitative estimate of drug-likeness (QED) is 0.531. The number of ketones is 1. The summed E-state index contributed by atoms with van der Waals surface area (Å²) in [5.41, 5.74) is 3.06. The summed E-state index contributed by atoms with van der Waals surface area (Å²) in [6, 6.07) is 0. The molecule has 0 aromatic carbocycles. The van der Waals surface area contributed by atoms with E-state index in [2.05, 4.69) is 10.7 Å². The molecule has 0 spiro atoms. The molecule has 58 valence electrons. The van der Waals surface area contributed by atoms with Gasteiger partial charge in [0.1, 0.15) is 5.76 Å². The van der Waals surface area contributed by atoms with E-state index >= 15 is 0 Å². The van der Waals surface area contributed by atoms with Crippen LogP contribution in [-0.2, 0) is 9.53 Å². The second-order valence-corrected chi connectivity index (χ2v) is 2.32. The fourth-order valence-corrected chi connectivity index (χ4v) is 0.789. The lowest BCUT2D eigenvalue weighted by Crippen LogP contribution is -2.05. The zero-order chi connectivity index (χ0) is 8.43. The third-order valence-corrected chi connectivity index (χ3v) is 1.20. The largest absolute Gasteiger partial charge is 0.440 e. The molecule has 0 N–H and O–H groups in total. The molecule has 1 rings (SSSR count). The molecule has 0 aromatic heterocycles. The van der Waals surface area contributed by atoms with Gasteiger partial charge in [-0.25, -0.2) is 4.99 Å². The standard InChI is InChI=1S/C8H9NO2/c1-5-4-8(6(2)10)9-7(3)11-5/h1-3H3. The molecule has 1 aliphatic rings. The van der Waals surface area contributed by atoms with E-state index in [1.807, 2.05) is 0 Å². The number of rotatable bonds is 1. The van der Waals surface area contributed by atoms with Crippen LogP contribution in [0.25, 0.3) is 0 Å². The number of hydrogen-bond acceptors (Lipinski definition) is 3. The van der Waals surface area contributed by atoms with Gasteiger partial charge < -0.3 is 4.74 Å². The molecule has 0 aromatic rings. The van der Waals surface area contributed by atoms with Crippen molar-refractivity contribution in [2.24, 2.45) is 4.99 Å². The number of carbonyl (C=O) groups is 1. The van der Waals surface area contributed by atoms with Gasteiger partial charge in [-0.3, -0.25) is 4.79 Å². The number of carbonyl (C=O) groups excluding carboxylic acids is 1. The number of hydrogen-bond donors (Lipinski definition) is 0. The van der Waals surface area contributed by atoms with Gasteiger partial charge in [0.2, 0.25) is 0 Å². The predicted molar refractivity (Wildman–Crippen MR) is 41.1 cm³/mol. The van der Waals surface area contributed by atoms with E-state index in [9.17, 15) is 4.79 Å². The molecule has 0 unspecified atom stereocenters. The molecule has 0 saturated carbocycles. The Morgan fingerprint density at radius 2 is 2.18 bits per heavy atom. The first kappa shape index (κ1) is 7.76. The number of ether oxygens (including phenoxy) is 1. The Balaban J connectivity index is 3.10. The molecule has 0 bridgehead atoms. The van der Waals surface area contributed by atoms with Crippen LogP contribution in [0.5, 0.6) is 0 Å². The number of nitrogens with zero attached hydrogens (tertiary/aromatic N) is 1. The highest BCUT2D eigenvalue weighted by atomic mass is 16.5. The first-order valence-electron chi connectivity index (χ1n) is 3.31. The van der Waals surface area contributed by atoms with Crippen LogP contribution in [-0.4, -0.2) is 11.7 Å². The second-order valence-electron chi connectivity index (χ2n) is 2.32. The third-order valence-electron chi connectivity index (χ3n) is 1.20. The van der Waals surface area contributed by atoms with Crippen molar-refractivity contribution in [1.82, 2.24) is 0 Å². The zero-order valence-corrected chi connectivity index (χ0v) is 6.76. The predicted octanol–water partition coefficient (Wildman–Crippen LogP) is 1.41. The number of allylic oxidation sites excluding steroid dienone is 1. The van der Waals surface area contributed by atoms with Gasteiger partial charge in [-0.2, -0.15) is 0 Å². The Morgan fingerprint density at radius 1 is 1.55 bits per heavy atom. The molecular weight excluding hydrogens is 142 g/mol. The first-order valence-corrected chi connectivity index (χ1v) is 3.31. The minimum atomic E-state index is -0.0907. The molecule has 3 nitrogen and oxygen atoms in total. The molecule has 0 atom stereocenters. The van der Waals surface area contributed by atoms with Gasteiger partial charge in [0.15, 0.2) is 17.4 Å². The van der Waals surface area contributed by atoms with Crippen LogP contribution in [0, 0.1) is 0 Å². The van der Waals surface area contributed by atoms with Crippen LogP contribution >= 0.6 is 0 Å². The highest BCUT2D eigenvalue weighted by Crippen LogP contribution is 2.08. The summed E-state index contributed by atoms with van der Waals surface area (Å²) >= 11 is 0. The van der Waals surface area contributed by atoms with Crippen LogP contribution in [0.1, 0.15) is 20.8 Å². The van der Waals surface area contributed by atoms with Crippen molar-refractivity contribution in [3.63, 3.8) is 0 Å². The van der Waals surface area contributed by atoms with Crippen LogP contribution in [0.3, 0.4) is 0 Å². The van der Waals surface area contributed by atoms with Crippen molar-refractivity contribution >= 4 is 11.7 Å². The van der Waals surface area contributed by atoms with Crippen molar-refractivity contribution in [3.8, 4) is 0 Å². The molecule has 1 heterocycles. The molecule has 1 aliphatic heterocycles. The number of aliphatic imine (C=N–C) groups is 1. The monoisotopic (exact) mass is 151 g/mol. The van der Waals surface area contributed by atoms with Gasteiger partial charge in [-0.1, -0.05) is 0 Å². The van der Waals surface area contributed by atoms with Crippen molar-refractivity contribution < 1.29 is 9.53 Å². The van der Waals surface area contributed by atoms with Crippen LogP contribution in [0.15, 0.2) is 22.2 Å². The molecule has 0 aliphatic carbocycles. The van der Waals surface area contributed by atoms with Crippen molar-refractivity contribution in [3.05, 3.63) is 17.2 Å². The SMILES string of the molecule is CC(=O)C1=C=C(C)OC(C)=N1. The molecule has 11 heavy (non-hydrogen) atoms. The summed E-state index contributed by atoms with van der Waals surface area (Å²) in [5.74, 6) is 0.987. The summed E-state index contributed by atoms with van der Waals surface area (Å²) in [6.07, 6.45) is 0. The highest BCUT2D eigenvalue weighted by Gasteiger charge is 2.07. The van der Waals surface area contributed by atoms with E-state index in [0.717, 1.165) is 0 Å². The van der Waals surface area contributed by atoms with Gasteiger partial charge in [-0.15, -0.1) is 0 Å². The van der Waals surface area contributed by atoms with E-state index in [0.29, 0.717) is 17.4 Å². The Labute approximate surface area is 65.1 Å². The van der Waals surface area contributed by atoms with E-state index in [-0.39, 0.29) is 5.78 Å². The molecule has 0 radical (unpaired) electrons. The Hall–Kier alpha value is -1.34. The summed E-state index contributed by atoms with van der Waals surface area (Å²) in [4.78, 5) is 14.7. The van der Waals surface area contributed by atoms with Crippen LogP contribution < -0.4 is 0 Å². The van der Waals surface area contributed by atoms with E-state index in [4.69, 9.17) is 4.74 Å². The third kappa shape index (κ3) is 1.79. The summed E-state index contributed by atoms with van der Waals surface area (Å²) in [5, 5.41) is 0. The Kier molecular flexibility index (Phi) is 1.92. The van der Waals surface area contributed by atoms with Crippen LogP contribution in [0.2, 0.25) is 0 Å². The van der Waals surface area contributed by atoms with Crippen molar-refractivity contribution in [2.45, 2.75) is 20.8 Å². The maximum absolute atomic E-state index is 10.8. The number of Topliss-reactive ketones (excluding diaryl/α,β-unsaturated/α-hetero) is 1. The minimum Gasteiger partial charge on any atom is -0.440 e. The lowest BCUT2D eigenvalue weighted by molar-refractivity contribution is -0.113. The fourth-order valence-electron chi connectivity index (χ4n) is 0.789. The van der Waals surface area contributed by atoms with Crippen molar-refractivity contribution in [2.75, 3.05) is 0 Å². The topological polar surface area (TPSA) is 38.7 Å². The lowest BCUT2D eigenvalue weighted by atomic mass is 10.3. The Morgan fingerprint density at radius 3 is 2.64 bits per heavy atom. The minimum absolute atomic E-state index is 0.0907. The summed E-state index contributed by atoms with van der Waals surface area (Å²) < 4.78 is 5.05. The molecule has 0 fully saturated rings. The van der Waals surface area contributed by atoms with Crippen molar-refractivity contribution in [1.29, 1.82) is 0 Å². The smallest absolute Gasteiger partial charge is 0.193 e. The van der Waals surface area contributed by atoms with Gasteiger partial charge in [0, 0.05) is 20.8 Å². The average Bonchev–Trinajstić information content (AvgIpc) is 1.85. The maximum Gasteiger partial charge on any atom is 0.193 e. The lowest BCUT2D eigenvalue weighted by Gasteiger charge is -2.06. The highest BCUT2D eigenvalue weighted by molar-refractivity contribution is 5.96. The fraction of sp³-hybridized carbons (Fsp3) is 0.375. The van der Waals surface area contributed by atoms with E-state index < -0.39 is 0 Å². The molecular formula is C8H9NO2.